The van der Waals surface area contributed by atoms with Gasteiger partial charge in [-0.25, -0.2) is 9.67 Å². The average molecular weight is 370 g/mol. The highest BCUT2D eigenvalue weighted by molar-refractivity contribution is 7.09. The molecular weight excluding hydrogens is 348 g/mol. The Morgan fingerprint density at radius 3 is 3.04 bits per heavy atom. The second-order valence-electron chi connectivity index (χ2n) is 6.88. The van der Waals surface area contributed by atoms with Gasteiger partial charge in [-0.3, -0.25) is 4.79 Å². The number of carbonyl (C=O) groups is 1. The lowest BCUT2D eigenvalue weighted by molar-refractivity contribution is -0.0386. The summed E-state index contributed by atoms with van der Waals surface area (Å²) in [6.45, 7) is 7.78. The zero-order valence-electron chi connectivity index (χ0n) is 15.2. The van der Waals surface area contributed by atoms with E-state index in [0.29, 0.717) is 25.3 Å². The summed E-state index contributed by atoms with van der Waals surface area (Å²) in [4.78, 5) is 21.0. The summed E-state index contributed by atoms with van der Waals surface area (Å²) in [5, 5.41) is 7.36. The molecular formula is C19H22N4O2S. The first kappa shape index (κ1) is 17.2. The van der Waals surface area contributed by atoms with E-state index < -0.39 is 0 Å². The van der Waals surface area contributed by atoms with Crippen LogP contribution in [0.15, 0.2) is 29.8 Å². The van der Waals surface area contributed by atoms with Crippen LogP contribution in [0.25, 0.3) is 11.0 Å². The molecule has 6 nitrogen and oxygen atoms in total. The molecule has 4 rings (SSSR count). The van der Waals surface area contributed by atoms with Gasteiger partial charge in [0.25, 0.3) is 5.91 Å². The van der Waals surface area contributed by atoms with Crippen LogP contribution in [0, 0.1) is 6.92 Å². The van der Waals surface area contributed by atoms with Crippen molar-refractivity contribution in [3.8, 4) is 0 Å². The molecule has 0 saturated carbocycles. The Kier molecular flexibility index (Phi) is 4.50. The number of rotatable bonds is 3. The lowest BCUT2D eigenvalue weighted by Crippen LogP contribution is -2.50. The van der Waals surface area contributed by atoms with E-state index in [4.69, 9.17) is 4.74 Å². The smallest absolute Gasteiger partial charge is 0.255 e. The standard InChI is InChI=1S/C19H22N4O2S/c1-12-7-16(19(24)22-9-14(3)25-11-13(22)2)17-8-20-23(18(17)21-12)10-15-5-4-6-26-15/h4-8,13-14H,9-11H2,1-3H3. The Morgan fingerprint density at radius 1 is 1.42 bits per heavy atom. The molecule has 0 radical (unpaired) electrons. The third-order valence-electron chi connectivity index (χ3n) is 4.72. The van der Waals surface area contributed by atoms with E-state index in [-0.39, 0.29) is 18.1 Å². The third kappa shape index (κ3) is 3.12. The first-order chi connectivity index (χ1) is 12.5. The summed E-state index contributed by atoms with van der Waals surface area (Å²) in [5.74, 6) is 0.0267. The maximum Gasteiger partial charge on any atom is 0.255 e. The first-order valence-electron chi connectivity index (χ1n) is 8.81. The summed E-state index contributed by atoms with van der Waals surface area (Å²) in [7, 11) is 0. The Labute approximate surface area is 156 Å². The van der Waals surface area contributed by atoms with Gasteiger partial charge in [0.05, 0.1) is 42.4 Å². The van der Waals surface area contributed by atoms with Gasteiger partial charge in [0, 0.05) is 17.1 Å². The van der Waals surface area contributed by atoms with Gasteiger partial charge in [-0.1, -0.05) is 6.07 Å². The highest BCUT2D eigenvalue weighted by Crippen LogP contribution is 2.24. The molecule has 2 unspecified atom stereocenters. The van der Waals surface area contributed by atoms with Gasteiger partial charge >= 0.3 is 0 Å². The van der Waals surface area contributed by atoms with Crippen LogP contribution in [0.3, 0.4) is 0 Å². The minimum atomic E-state index is 0.0267. The fourth-order valence-corrected chi connectivity index (χ4v) is 4.04. The number of hydrogen-bond donors (Lipinski definition) is 0. The molecule has 2 atom stereocenters. The van der Waals surface area contributed by atoms with Crippen LogP contribution in [0.4, 0.5) is 0 Å². The number of ether oxygens (including phenoxy) is 1. The average Bonchev–Trinajstić information content (AvgIpc) is 3.27. The monoisotopic (exact) mass is 370 g/mol. The molecule has 0 N–H and O–H groups in total. The van der Waals surface area contributed by atoms with Crippen LogP contribution < -0.4 is 0 Å². The van der Waals surface area contributed by atoms with Crippen molar-refractivity contribution >= 4 is 28.3 Å². The fraction of sp³-hybridized carbons (Fsp3) is 0.421. The molecule has 1 amide bonds. The zero-order chi connectivity index (χ0) is 18.3. The summed E-state index contributed by atoms with van der Waals surface area (Å²) >= 11 is 1.69. The van der Waals surface area contributed by atoms with Crippen molar-refractivity contribution in [2.45, 2.75) is 39.5 Å². The largest absolute Gasteiger partial charge is 0.375 e. The normalized spacial score (nSPS) is 20.7. The first-order valence-corrected chi connectivity index (χ1v) is 9.69. The Balaban J connectivity index is 1.73. The van der Waals surface area contributed by atoms with Gasteiger partial charge in [-0.15, -0.1) is 11.3 Å². The van der Waals surface area contributed by atoms with E-state index >= 15 is 0 Å². The van der Waals surface area contributed by atoms with Crippen molar-refractivity contribution in [1.82, 2.24) is 19.7 Å². The van der Waals surface area contributed by atoms with Gasteiger partial charge in [0.2, 0.25) is 0 Å². The molecule has 1 fully saturated rings. The summed E-state index contributed by atoms with van der Waals surface area (Å²) in [6, 6.07) is 6.04. The van der Waals surface area contributed by atoms with E-state index in [2.05, 4.69) is 21.5 Å². The van der Waals surface area contributed by atoms with Crippen molar-refractivity contribution in [1.29, 1.82) is 0 Å². The number of amides is 1. The van der Waals surface area contributed by atoms with E-state index in [1.165, 1.54) is 4.88 Å². The van der Waals surface area contributed by atoms with E-state index in [0.717, 1.165) is 16.7 Å². The number of aromatic nitrogens is 3. The van der Waals surface area contributed by atoms with Crippen molar-refractivity contribution in [2.24, 2.45) is 0 Å². The number of thiophene rings is 1. The predicted octanol–water partition coefficient (Wildman–Crippen LogP) is 3.10. The van der Waals surface area contributed by atoms with Gasteiger partial charge in [-0.2, -0.15) is 5.10 Å². The van der Waals surface area contributed by atoms with Crippen molar-refractivity contribution in [3.63, 3.8) is 0 Å². The molecule has 0 aliphatic carbocycles. The van der Waals surface area contributed by atoms with Crippen molar-refractivity contribution < 1.29 is 9.53 Å². The molecule has 0 bridgehead atoms. The molecule has 0 aromatic carbocycles. The number of nitrogens with zero attached hydrogens (tertiary/aromatic N) is 4. The molecule has 3 aromatic heterocycles. The Hall–Kier alpha value is -2.25. The number of pyridine rings is 1. The quantitative estimate of drug-likeness (QED) is 0.711. The van der Waals surface area contributed by atoms with Crippen LogP contribution in [-0.2, 0) is 11.3 Å². The maximum atomic E-state index is 13.3. The van der Waals surface area contributed by atoms with Crippen LogP contribution in [0.1, 0.15) is 34.8 Å². The maximum absolute atomic E-state index is 13.3. The van der Waals surface area contributed by atoms with Gasteiger partial charge in [0.1, 0.15) is 0 Å². The topological polar surface area (TPSA) is 60.3 Å². The molecule has 1 aliphatic heterocycles. The highest BCUT2D eigenvalue weighted by atomic mass is 32.1. The minimum absolute atomic E-state index is 0.0267. The third-order valence-corrected chi connectivity index (χ3v) is 5.58. The molecule has 26 heavy (non-hydrogen) atoms. The molecule has 4 heterocycles. The summed E-state index contributed by atoms with van der Waals surface area (Å²) < 4.78 is 7.53. The van der Waals surface area contributed by atoms with Crippen LogP contribution >= 0.6 is 11.3 Å². The van der Waals surface area contributed by atoms with Crippen LogP contribution in [0.5, 0.6) is 0 Å². The molecule has 3 aromatic rings. The number of hydrogen-bond acceptors (Lipinski definition) is 5. The number of morpholine rings is 1. The van der Waals surface area contributed by atoms with Crippen LogP contribution in [0.2, 0.25) is 0 Å². The van der Waals surface area contributed by atoms with Gasteiger partial charge in [0.15, 0.2) is 5.65 Å². The molecule has 0 spiro atoms. The van der Waals surface area contributed by atoms with E-state index in [9.17, 15) is 4.79 Å². The van der Waals surface area contributed by atoms with Crippen molar-refractivity contribution in [3.05, 3.63) is 45.9 Å². The zero-order valence-corrected chi connectivity index (χ0v) is 16.0. The molecule has 7 heteroatoms. The lowest BCUT2D eigenvalue weighted by atomic mass is 10.1. The second kappa shape index (κ2) is 6.81. The van der Waals surface area contributed by atoms with Crippen LogP contribution in [-0.4, -0.2) is 50.9 Å². The Bertz CT molecular complexity index is 935. The molecule has 1 aliphatic rings. The number of carbonyl (C=O) groups excluding carboxylic acids is 1. The highest BCUT2D eigenvalue weighted by Gasteiger charge is 2.30. The second-order valence-corrected chi connectivity index (χ2v) is 7.91. The minimum Gasteiger partial charge on any atom is -0.375 e. The summed E-state index contributed by atoms with van der Waals surface area (Å²) in [5.41, 5.74) is 2.25. The molecule has 1 saturated heterocycles. The molecule has 136 valence electrons. The van der Waals surface area contributed by atoms with E-state index in [1.54, 1.807) is 17.5 Å². The Morgan fingerprint density at radius 2 is 2.27 bits per heavy atom. The van der Waals surface area contributed by atoms with Gasteiger partial charge in [-0.05, 0) is 38.3 Å². The number of fused-ring (bicyclic) bond motifs is 1. The fourth-order valence-electron chi connectivity index (χ4n) is 3.36. The number of aryl methyl sites for hydroxylation is 1. The summed E-state index contributed by atoms with van der Waals surface area (Å²) in [6.07, 6.45) is 1.81. The SMILES string of the molecule is Cc1cc(C(=O)N2CC(C)OCC2C)c2cnn(Cc3cccs3)c2n1. The lowest BCUT2D eigenvalue weighted by Gasteiger charge is -2.37. The van der Waals surface area contributed by atoms with E-state index in [1.807, 2.05) is 42.5 Å². The van der Waals surface area contributed by atoms with Gasteiger partial charge < -0.3 is 9.64 Å². The predicted molar refractivity (Wildman–Crippen MR) is 102 cm³/mol. The van der Waals surface area contributed by atoms with Crippen molar-refractivity contribution in [2.75, 3.05) is 13.2 Å².